The van der Waals surface area contributed by atoms with Crippen molar-refractivity contribution >= 4 is 0 Å². The lowest BCUT2D eigenvalue weighted by Crippen LogP contribution is -2.20. The van der Waals surface area contributed by atoms with E-state index in [-0.39, 0.29) is 11.0 Å². The molecule has 2 rings (SSSR count). The van der Waals surface area contributed by atoms with Crippen LogP contribution in [0, 0.1) is 0 Å². The average molecular weight is 181 g/mol. The summed E-state index contributed by atoms with van der Waals surface area (Å²) in [6, 6.07) is 0. The van der Waals surface area contributed by atoms with Gasteiger partial charge in [0, 0.05) is 5.41 Å². The van der Waals surface area contributed by atoms with Crippen molar-refractivity contribution in [1.29, 1.82) is 0 Å². The first kappa shape index (κ1) is 8.69. The maximum Gasteiger partial charge on any atom is 0.246 e. The van der Waals surface area contributed by atoms with E-state index in [1.165, 1.54) is 0 Å². The van der Waals surface area contributed by atoms with Crippen LogP contribution in [0.3, 0.4) is 0 Å². The third kappa shape index (κ3) is 1.46. The molecule has 0 saturated heterocycles. The molecule has 0 aromatic carbocycles. The Morgan fingerprint density at radius 2 is 2.00 bits per heavy atom. The molecule has 0 bridgehead atoms. The first-order valence-electron chi connectivity index (χ1n) is 4.55. The average Bonchev–Trinajstić information content (AvgIpc) is 2.60. The normalized spacial score (nSPS) is 20.3. The Labute approximate surface area is 77.5 Å². The summed E-state index contributed by atoms with van der Waals surface area (Å²) >= 11 is 0. The minimum atomic E-state index is -0.309. The van der Waals surface area contributed by atoms with Crippen LogP contribution in [-0.2, 0) is 11.0 Å². The first-order chi connectivity index (χ1) is 5.92. The molecule has 1 aromatic heterocycles. The summed E-state index contributed by atoms with van der Waals surface area (Å²) in [6.45, 7) is 6.16. The number of hydrogen-bond donors (Lipinski definition) is 1. The van der Waals surface area contributed by atoms with Gasteiger partial charge in [0.25, 0.3) is 0 Å². The van der Waals surface area contributed by atoms with Gasteiger partial charge in [-0.1, -0.05) is 25.9 Å². The van der Waals surface area contributed by atoms with Gasteiger partial charge in [-0.15, -0.1) is 0 Å². The first-order valence-corrected chi connectivity index (χ1v) is 4.55. The van der Waals surface area contributed by atoms with E-state index >= 15 is 0 Å². The van der Waals surface area contributed by atoms with Crippen LogP contribution in [0.1, 0.15) is 45.3 Å². The maximum absolute atomic E-state index is 5.93. The highest BCUT2D eigenvalue weighted by Crippen LogP contribution is 2.42. The van der Waals surface area contributed by atoms with E-state index in [2.05, 4.69) is 30.9 Å². The molecular weight excluding hydrogens is 166 g/mol. The number of hydrogen-bond acceptors (Lipinski definition) is 4. The van der Waals surface area contributed by atoms with Crippen LogP contribution in [0.5, 0.6) is 0 Å². The second kappa shape index (κ2) is 2.32. The Kier molecular flexibility index (Phi) is 1.55. The Morgan fingerprint density at radius 1 is 1.38 bits per heavy atom. The topological polar surface area (TPSA) is 64.9 Å². The number of nitrogens with zero attached hydrogens (tertiary/aromatic N) is 2. The monoisotopic (exact) mass is 181 g/mol. The van der Waals surface area contributed by atoms with E-state index in [0.717, 1.165) is 18.7 Å². The van der Waals surface area contributed by atoms with Gasteiger partial charge < -0.3 is 10.3 Å². The minimum Gasteiger partial charge on any atom is -0.337 e. The van der Waals surface area contributed by atoms with Crippen molar-refractivity contribution in [2.24, 2.45) is 5.73 Å². The predicted molar refractivity (Wildman–Crippen MR) is 48.1 cm³/mol. The lowest BCUT2D eigenvalue weighted by Gasteiger charge is -2.11. The van der Waals surface area contributed by atoms with Gasteiger partial charge in [0.15, 0.2) is 5.82 Å². The molecule has 1 heterocycles. The van der Waals surface area contributed by atoms with E-state index in [1.54, 1.807) is 0 Å². The van der Waals surface area contributed by atoms with E-state index in [1.807, 2.05) is 0 Å². The SMILES string of the molecule is CC(C)(C)c1noc(C2(N)CC2)n1. The number of aromatic nitrogens is 2. The zero-order chi connectivity index (χ0) is 9.69. The molecule has 72 valence electrons. The van der Waals surface area contributed by atoms with Crippen LogP contribution < -0.4 is 5.73 Å². The quantitative estimate of drug-likeness (QED) is 0.709. The van der Waals surface area contributed by atoms with Crippen LogP contribution in [0.15, 0.2) is 4.52 Å². The van der Waals surface area contributed by atoms with Crippen molar-refractivity contribution in [3.05, 3.63) is 11.7 Å². The molecule has 1 aromatic rings. The van der Waals surface area contributed by atoms with Crippen molar-refractivity contribution in [3.63, 3.8) is 0 Å². The fraction of sp³-hybridized carbons (Fsp3) is 0.778. The highest BCUT2D eigenvalue weighted by molar-refractivity contribution is 5.13. The molecule has 1 fully saturated rings. The Bertz CT molecular complexity index is 300. The smallest absolute Gasteiger partial charge is 0.246 e. The molecule has 1 aliphatic carbocycles. The van der Waals surface area contributed by atoms with Crippen LogP contribution in [-0.4, -0.2) is 10.1 Å². The third-order valence-corrected chi connectivity index (χ3v) is 2.31. The van der Waals surface area contributed by atoms with E-state index in [9.17, 15) is 0 Å². The van der Waals surface area contributed by atoms with Gasteiger partial charge >= 0.3 is 0 Å². The summed E-state index contributed by atoms with van der Waals surface area (Å²) in [5.41, 5.74) is 5.56. The molecule has 0 radical (unpaired) electrons. The molecule has 0 spiro atoms. The molecule has 4 nitrogen and oxygen atoms in total. The van der Waals surface area contributed by atoms with Gasteiger partial charge in [-0.05, 0) is 12.8 Å². The van der Waals surface area contributed by atoms with E-state index in [0.29, 0.717) is 5.89 Å². The second-order valence-electron chi connectivity index (χ2n) is 4.83. The summed E-state index contributed by atoms with van der Waals surface area (Å²) < 4.78 is 5.13. The molecule has 1 aliphatic rings. The molecule has 4 heteroatoms. The largest absolute Gasteiger partial charge is 0.337 e. The van der Waals surface area contributed by atoms with Gasteiger partial charge in [0.1, 0.15) is 0 Å². The molecular formula is C9H15N3O. The summed E-state index contributed by atoms with van der Waals surface area (Å²) in [6.07, 6.45) is 1.91. The van der Waals surface area contributed by atoms with Gasteiger partial charge in [0.2, 0.25) is 5.89 Å². The zero-order valence-corrected chi connectivity index (χ0v) is 8.29. The third-order valence-electron chi connectivity index (χ3n) is 2.31. The van der Waals surface area contributed by atoms with Crippen molar-refractivity contribution in [1.82, 2.24) is 10.1 Å². The van der Waals surface area contributed by atoms with Crippen LogP contribution in [0.2, 0.25) is 0 Å². The Balaban J connectivity index is 2.29. The summed E-state index contributed by atoms with van der Waals surface area (Å²) in [7, 11) is 0. The molecule has 1 saturated carbocycles. The molecule has 0 atom stereocenters. The van der Waals surface area contributed by atoms with E-state index < -0.39 is 0 Å². The number of rotatable bonds is 1. The fourth-order valence-corrected chi connectivity index (χ4v) is 1.08. The molecule has 13 heavy (non-hydrogen) atoms. The molecule has 0 unspecified atom stereocenters. The summed E-state index contributed by atoms with van der Waals surface area (Å²) in [5, 5.41) is 3.93. The Hall–Kier alpha value is -0.900. The predicted octanol–water partition coefficient (Wildman–Crippen LogP) is 1.31. The van der Waals surface area contributed by atoms with Crippen molar-refractivity contribution in [3.8, 4) is 0 Å². The molecule has 2 N–H and O–H groups in total. The Morgan fingerprint density at radius 3 is 2.38 bits per heavy atom. The van der Waals surface area contributed by atoms with Crippen molar-refractivity contribution in [2.45, 2.75) is 44.6 Å². The maximum atomic E-state index is 5.93. The molecule has 0 amide bonds. The van der Waals surface area contributed by atoms with Crippen LogP contribution in [0.25, 0.3) is 0 Å². The highest BCUT2D eigenvalue weighted by atomic mass is 16.5. The summed E-state index contributed by atoms with van der Waals surface area (Å²) in [5.74, 6) is 1.33. The van der Waals surface area contributed by atoms with Gasteiger partial charge in [-0.3, -0.25) is 0 Å². The minimum absolute atomic E-state index is 0.0625. The van der Waals surface area contributed by atoms with Gasteiger partial charge in [-0.2, -0.15) is 4.98 Å². The zero-order valence-electron chi connectivity index (χ0n) is 8.29. The van der Waals surface area contributed by atoms with Crippen LogP contribution in [0.4, 0.5) is 0 Å². The fourth-order valence-electron chi connectivity index (χ4n) is 1.08. The lowest BCUT2D eigenvalue weighted by atomic mass is 9.96. The highest BCUT2D eigenvalue weighted by Gasteiger charge is 2.46. The van der Waals surface area contributed by atoms with Crippen LogP contribution >= 0.6 is 0 Å². The van der Waals surface area contributed by atoms with Crippen molar-refractivity contribution in [2.75, 3.05) is 0 Å². The van der Waals surface area contributed by atoms with Crippen molar-refractivity contribution < 1.29 is 4.52 Å². The van der Waals surface area contributed by atoms with Gasteiger partial charge in [0.05, 0.1) is 5.54 Å². The lowest BCUT2D eigenvalue weighted by molar-refractivity contribution is 0.338. The second-order valence-corrected chi connectivity index (χ2v) is 4.83. The summed E-state index contributed by atoms with van der Waals surface area (Å²) in [4.78, 5) is 4.31. The molecule has 0 aliphatic heterocycles. The standard InChI is InChI=1S/C9H15N3O/c1-8(2,3)6-11-7(13-12-6)9(10)4-5-9/h4-5,10H2,1-3H3. The van der Waals surface area contributed by atoms with Gasteiger partial charge in [-0.25, -0.2) is 0 Å². The number of nitrogens with two attached hydrogens (primary N) is 1. The van der Waals surface area contributed by atoms with E-state index in [4.69, 9.17) is 10.3 Å².